The van der Waals surface area contributed by atoms with Crippen molar-refractivity contribution in [2.24, 2.45) is 0 Å². The van der Waals surface area contributed by atoms with Crippen LogP contribution < -0.4 is 5.32 Å². The third kappa shape index (κ3) is 3.23. The summed E-state index contributed by atoms with van der Waals surface area (Å²) in [6, 6.07) is 21.5. The quantitative estimate of drug-likeness (QED) is 0.448. The Bertz CT molecular complexity index is 1070. The molecule has 0 unspecified atom stereocenters. The number of pyridine rings is 1. The van der Waals surface area contributed by atoms with Crippen molar-refractivity contribution in [1.82, 2.24) is 4.98 Å². The highest BCUT2D eigenvalue weighted by molar-refractivity contribution is 7.98. The molecule has 0 spiro atoms. The number of carbonyl (C=O) groups excluding carboxylic acids is 1. The van der Waals surface area contributed by atoms with E-state index in [4.69, 9.17) is 4.98 Å². The van der Waals surface area contributed by atoms with Crippen molar-refractivity contribution in [3.05, 3.63) is 77.7 Å². The molecular weight excluding hydrogens is 360 g/mol. The molecule has 26 heavy (non-hydrogen) atoms. The molecule has 1 amide bonds. The molecule has 0 bridgehead atoms. The molecule has 2 aromatic carbocycles. The van der Waals surface area contributed by atoms with Crippen molar-refractivity contribution in [2.45, 2.75) is 4.90 Å². The van der Waals surface area contributed by atoms with Gasteiger partial charge in [0.15, 0.2) is 0 Å². The maximum absolute atomic E-state index is 13.1. The van der Waals surface area contributed by atoms with Gasteiger partial charge in [0.1, 0.15) is 0 Å². The average molecular weight is 377 g/mol. The Morgan fingerprint density at radius 2 is 1.85 bits per heavy atom. The molecule has 0 aliphatic heterocycles. The zero-order chi connectivity index (χ0) is 17.9. The molecule has 3 nitrogen and oxygen atoms in total. The summed E-state index contributed by atoms with van der Waals surface area (Å²) in [5.41, 5.74) is 3.10. The van der Waals surface area contributed by atoms with Crippen LogP contribution in [0.5, 0.6) is 0 Å². The summed E-state index contributed by atoms with van der Waals surface area (Å²) in [6.07, 6.45) is 2.00. The number of nitrogens with one attached hydrogen (secondary N) is 1. The minimum atomic E-state index is -0.122. The van der Waals surface area contributed by atoms with Crippen LogP contribution in [0.15, 0.2) is 77.0 Å². The predicted octanol–water partition coefficient (Wildman–Crippen LogP) is 5.94. The number of rotatable bonds is 4. The van der Waals surface area contributed by atoms with Crippen LogP contribution in [0.1, 0.15) is 10.4 Å². The normalized spacial score (nSPS) is 10.8. The molecule has 0 aliphatic carbocycles. The third-order valence-corrected chi connectivity index (χ3v) is 5.78. The summed E-state index contributed by atoms with van der Waals surface area (Å²) in [7, 11) is 0. The number of fused-ring (bicyclic) bond motifs is 1. The Morgan fingerprint density at radius 1 is 1.04 bits per heavy atom. The van der Waals surface area contributed by atoms with E-state index in [2.05, 4.69) is 5.32 Å². The molecule has 4 rings (SSSR count). The molecule has 2 aromatic heterocycles. The van der Waals surface area contributed by atoms with E-state index in [1.54, 1.807) is 23.1 Å². The number of amides is 1. The molecule has 128 valence electrons. The van der Waals surface area contributed by atoms with Crippen molar-refractivity contribution in [3.63, 3.8) is 0 Å². The van der Waals surface area contributed by atoms with E-state index in [1.807, 2.05) is 78.4 Å². The van der Waals surface area contributed by atoms with Gasteiger partial charge < -0.3 is 5.32 Å². The number of hydrogen-bond acceptors (Lipinski definition) is 4. The molecular formula is C21H16N2OS2. The Kier molecular flexibility index (Phi) is 4.73. The lowest BCUT2D eigenvalue weighted by molar-refractivity contribution is 0.102. The fourth-order valence-electron chi connectivity index (χ4n) is 2.85. The molecule has 0 fully saturated rings. The van der Waals surface area contributed by atoms with Gasteiger partial charge >= 0.3 is 0 Å². The minimum Gasteiger partial charge on any atom is -0.321 e. The molecule has 0 aliphatic rings. The first-order valence-electron chi connectivity index (χ1n) is 8.14. The second-order valence-corrected chi connectivity index (χ2v) is 7.50. The van der Waals surface area contributed by atoms with Crippen LogP contribution in [-0.4, -0.2) is 17.1 Å². The Balaban J connectivity index is 1.80. The molecule has 5 heteroatoms. The fraction of sp³-hybridized carbons (Fsp3) is 0.0476. The van der Waals surface area contributed by atoms with Crippen molar-refractivity contribution >= 4 is 45.6 Å². The summed E-state index contributed by atoms with van der Waals surface area (Å²) in [5.74, 6) is -0.122. The van der Waals surface area contributed by atoms with Gasteiger partial charge in [-0.05, 0) is 42.0 Å². The van der Waals surface area contributed by atoms with Crippen LogP contribution >= 0.6 is 23.1 Å². The van der Waals surface area contributed by atoms with Gasteiger partial charge in [-0.15, -0.1) is 23.1 Å². The number of nitrogens with zero attached hydrogens (tertiary/aromatic N) is 1. The minimum absolute atomic E-state index is 0.122. The van der Waals surface area contributed by atoms with Crippen LogP contribution in [0.2, 0.25) is 0 Å². The van der Waals surface area contributed by atoms with Crippen molar-refractivity contribution in [3.8, 4) is 10.6 Å². The van der Waals surface area contributed by atoms with Crippen molar-refractivity contribution < 1.29 is 4.79 Å². The summed E-state index contributed by atoms with van der Waals surface area (Å²) in [4.78, 5) is 19.9. The standard InChI is InChI=1S/C21H16N2OS2/c1-25-19-10-5-4-9-17(19)23-21(24)15-13-18(20-11-6-12-26-20)22-16-8-3-2-7-14(15)16/h2-13H,1H3,(H,23,24). The van der Waals surface area contributed by atoms with Crippen LogP contribution in [0.4, 0.5) is 5.69 Å². The first kappa shape index (κ1) is 16.8. The van der Waals surface area contributed by atoms with E-state index in [-0.39, 0.29) is 5.91 Å². The first-order valence-corrected chi connectivity index (χ1v) is 10.2. The zero-order valence-corrected chi connectivity index (χ0v) is 15.7. The lowest BCUT2D eigenvalue weighted by Gasteiger charge is -2.12. The summed E-state index contributed by atoms with van der Waals surface area (Å²) in [5, 5.41) is 5.93. The lowest BCUT2D eigenvalue weighted by Crippen LogP contribution is -2.13. The third-order valence-electron chi connectivity index (χ3n) is 4.09. The van der Waals surface area contributed by atoms with Gasteiger partial charge in [0, 0.05) is 10.3 Å². The van der Waals surface area contributed by atoms with E-state index in [1.165, 1.54) is 0 Å². The van der Waals surface area contributed by atoms with Crippen molar-refractivity contribution in [2.75, 3.05) is 11.6 Å². The smallest absolute Gasteiger partial charge is 0.256 e. The van der Waals surface area contributed by atoms with Gasteiger partial charge in [0.25, 0.3) is 5.91 Å². The summed E-state index contributed by atoms with van der Waals surface area (Å²) < 4.78 is 0. The summed E-state index contributed by atoms with van der Waals surface area (Å²) in [6.45, 7) is 0. The number of thiophene rings is 1. The first-order chi connectivity index (χ1) is 12.8. The molecule has 0 saturated carbocycles. The fourth-order valence-corrected chi connectivity index (χ4v) is 4.09. The van der Waals surface area contributed by atoms with Gasteiger partial charge in [-0.1, -0.05) is 36.4 Å². The van der Waals surface area contributed by atoms with E-state index in [0.29, 0.717) is 5.56 Å². The number of para-hydroxylation sites is 2. The number of carbonyl (C=O) groups is 1. The van der Waals surface area contributed by atoms with Gasteiger partial charge in [0.05, 0.1) is 27.3 Å². The maximum atomic E-state index is 13.1. The van der Waals surface area contributed by atoms with Gasteiger partial charge in [0.2, 0.25) is 0 Å². The summed E-state index contributed by atoms with van der Waals surface area (Å²) >= 11 is 3.23. The molecule has 2 heterocycles. The topological polar surface area (TPSA) is 42.0 Å². The van der Waals surface area contributed by atoms with E-state index in [0.717, 1.165) is 32.1 Å². The second kappa shape index (κ2) is 7.32. The molecule has 4 aromatic rings. The molecule has 0 radical (unpaired) electrons. The van der Waals surface area contributed by atoms with Crippen LogP contribution in [-0.2, 0) is 0 Å². The lowest BCUT2D eigenvalue weighted by atomic mass is 10.1. The highest BCUT2D eigenvalue weighted by Crippen LogP contribution is 2.29. The zero-order valence-electron chi connectivity index (χ0n) is 14.1. The largest absolute Gasteiger partial charge is 0.321 e. The van der Waals surface area contributed by atoms with Crippen molar-refractivity contribution in [1.29, 1.82) is 0 Å². The monoisotopic (exact) mass is 376 g/mol. The van der Waals surface area contributed by atoms with E-state index >= 15 is 0 Å². The van der Waals surface area contributed by atoms with Crippen LogP contribution in [0.25, 0.3) is 21.5 Å². The van der Waals surface area contributed by atoms with Crippen LogP contribution in [0, 0.1) is 0 Å². The Labute approximate surface area is 160 Å². The highest BCUT2D eigenvalue weighted by Gasteiger charge is 2.15. The van der Waals surface area contributed by atoms with E-state index in [9.17, 15) is 4.79 Å². The highest BCUT2D eigenvalue weighted by atomic mass is 32.2. The Morgan fingerprint density at radius 3 is 2.65 bits per heavy atom. The number of thioether (sulfide) groups is 1. The molecule has 1 N–H and O–H groups in total. The number of aromatic nitrogens is 1. The number of benzene rings is 2. The van der Waals surface area contributed by atoms with Gasteiger partial charge in [-0.2, -0.15) is 0 Å². The average Bonchev–Trinajstić information content (AvgIpc) is 3.22. The SMILES string of the molecule is CSc1ccccc1NC(=O)c1cc(-c2cccs2)nc2ccccc12. The van der Waals surface area contributed by atoms with E-state index < -0.39 is 0 Å². The Hall–Kier alpha value is -2.63. The molecule has 0 saturated heterocycles. The molecule has 0 atom stereocenters. The van der Waals surface area contributed by atoms with Crippen LogP contribution in [0.3, 0.4) is 0 Å². The maximum Gasteiger partial charge on any atom is 0.256 e. The predicted molar refractivity (Wildman–Crippen MR) is 111 cm³/mol. The van der Waals surface area contributed by atoms with Gasteiger partial charge in [-0.25, -0.2) is 4.98 Å². The second-order valence-electron chi connectivity index (χ2n) is 5.70. The van der Waals surface area contributed by atoms with Gasteiger partial charge in [-0.3, -0.25) is 4.79 Å². The number of anilines is 1. The number of hydrogen-bond donors (Lipinski definition) is 1.